The molecule has 0 aromatic heterocycles. The van der Waals surface area contributed by atoms with Crippen molar-refractivity contribution in [2.24, 2.45) is 0 Å². The van der Waals surface area contributed by atoms with E-state index in [1.807, 2.05) is 7.11 Å². The Balaban J connectivity index is 1.53. The lowest BCUT2D eigenvalue weighted by atomic mass is 9.79. The molecule has 0 bridgehead atoms. The van der Waals surface area contributed by atoms with Gasteiger partial charge in [-0.1, -0.05) is 0 Å². The van der Waals surface area contributed by atoms with Crippen molar-refractivity contribution in [1.29, 1.82) is 0 Å². The molecule has 0 spiro atoms. The minimum atomic E-state index is -0.244. The summed E-state index contributed by atoms with van der Waals surface area (Å²) in [6.45, 7) is 4.57. The van der Waals surface area contributed by atoms with Crippen LogP contribution in [0.5, 0.6) is 0 Å². The lowest BCUT2D eigenvalue weighted by molar-refractivity contribution is -0.0105. The number of nitrogen functional groups attached to an aromatic ring is 1. The summed E-state index contributed by atoms with van der Waals surface area (Å²) in [5.74, 6) is -0.244. The number of methoxy groups -OCH3 is 1. The van der Waals surface area contributed by atoms with Gasteiger partial charge >= 0.3 is 0 Å². The Bertz CT molecular complexity index is 550. The zero-order valence-corrected chi connectivity index (χ0v) is 14.9. The lowest BCUT2D eigenvalue weighted by Crippen LogP contribution is -2.53. The number of nitrogens with one attached hydrogen (secondary N) is 1. The van der Waals surface area contributed by atoms with Crippen LogP contribution in [0.2, 0.25) is 0 Å². The van der Waals surface area contributed by atoms with Gasteiger partial charge in [-0.25, -0.2) is 4.39 Å². The molecule has 1 aromatic carbocycles. The number of hydrogen-bond acceptors (Lipinski definition) is 4. The largest absolute Gasteiger partial charge is 0.397 e. The molecule has 0 atom stereocenters. The molecule has 134 valence electrons. The molecule has 2 fully saturated rings. The van der Waals surface area contributed by atoms with Crippen LogP contribution in [0.1, 0.15) is 45.4 Å². The average molecular weight is 335 g/mol. The standard InChI is InChI=1S/C19H30FN3O/c1-19(9-5-16(24-2)6-10-19)23-11-7-15(8-12-23)22-18-13-14(20)3-4-17(18)21/h3-4,13,15-16,22H,5-12,21H2,1-2H3/t16-,19-. The summed E-state index contributed by atoms with van der Waals surface area (Å²) < 4.78 is 18.9. The number of ether oxygens (including phenoxy) is 1. The summed E-state index contributed by atoms with van der Waals surface area (Å²) in [5, 5.41) is 3.43. The molecule has 1 saturated carbocycles. The number of hydrogen-bond donors (Lipinski definition) is 2. The van der Waals surface area contributed by atoms with E-state index in [4.69, 9.17) is 10.5 Å². The van der Waals surface area contributed by atoms with E-state index >= 15 is 0 Å². The quantitative estimate of drug-likeness (QED) is 0.825. The van der Waals surface area contributed by atoms with Gasteiger partial charge in [-0.2, -0.15) is 0 Å². The molecule has 24 heavy (non-hydrogen) atoms. The molecular weight excluding hydrogens is 305 g/mol. The van der Waals surface area contributed by atoms with Crippen LogP contribution >= 0.6 is 0 Å². The third-order valence-electron chi connectivity index (χ3n) is 5.98. The fourth-order valence-electron chi connectivity index (χ4n) is 4.20. The second kappa shape index (κ2) is 7.28. The molecule has 1 aromatic rings. The zero-order valence-electron chi connectivity index (χ0n) is 14.9. The maximum Gasteiger partial charge on any atom is 0.125 e. The van der Waals surface area contributed by atoms with Gasteiger partial charge in [-0.3, -0.25) is 4.90 Å². The summed E-state index contributed by atoms with van der Waals surface area (Å²) in [4.78, 5) is 2.64. The van der Waals surface area contributed by atoms with Gasteiger partial charge in [0.25, 0.3) is 0 Å². The maximum absolute atomic E-state index is 13.4. The summed E-state index contributed by atoms with van der Waals surface area (Å²) in [6.07, 6.45) is 7.31. The van der Waals surface area contributed by atoms with Crippen LogP contribution in [0, 0.1) is 5.82 Å². The topological polar surface area (TPSA) is 50.5 Å². The summed E-state index contributed by atoms with van der Waals surface area (Å²) in [5.41, 5.74) is 7.59. The van der Waals surface area contributed by atoms with E-state index in [1.165, 1.54) is 25.0 Å². The highest BCUT2D eigenvalue weighted by molar-refractivity contribution is 5.66. The van der Waals surface area contributed by atoms with Gasteiger partial charge in [-0.05, 0) is 63.6 Å². The molecule has 1 saturated heterocycles. The van der Waals surface area contributed by atoms with Gasteiger partial charge in [0.15, 0.2) is 0 Å². The second-order valence-electron chi connectivity index (χ2n) is 7.57. The third-order valence-corrected chi connectivity index (χ3v) is 5.98. The van der Waals surface area contributed by atoms with Crippen LogP contribution < -0.4 is 11.1 Å². The highest BCUT2D eigenvalue weighted by Gasteiger charge is 2.37. The SMILES string of the molecule is CO[C@H]1CC[C@](C)(N2CCC(Nc3cc(F)ccc3N)CC2)CC1. The lowest BCUT2D eigenvalue weighted by Gasteiger charge is -2.48. The Labute approximate surface area is 144 Å². The Morgan fingerprint density at radius 2 is 1.88 bits per heavy atom. The van der Waals surface area contributed by atoms with E-state index in [0.29, 0.717) is 23.4 Å². The van der Waals surface area contributed by atoms with Crippen LogP contribution in [0.4, 0.5) is 15.8 Å². The number of likely N-dealkylation sites (tertiary alicyclic amines) is 1. The van der Waals surface area contributed by atoms with Crippen LogP contribution in [-0.2, 0) is 4.74 Å². The molecule has 0 radical (unpaired) electrons. The van der Waals surface area contributed by atoms with Crippen molar-refractivity contribution in [2.45, 2.75) is 63.1 Å². The first-order valence-corrected chi connectivity index (χ1v) is 9.09. The van der Waals surface area contributed by atoms with E-state index in [2.05, 4.69) is 17.1 Å². The van der Waals surface area contributed by atoms with Crippen LogP contribution in [-0.4, -0.2) is 42.8 Å². The van der Waals surface area contributed by atoms with Crippen molar-refractivity contribution in [3.63, 3.8) is 0 Å². The monoisotopic (exact) mass is 335 g/mol. The summed E-state index contributed by atoms with van der Waals surface area (Å²) >= 11 is 0. The molecule has 0 unspecified atom stereocenters. The molecule has 3 N–H and O–H groups in total. The molecule has 0 amide bonds. The van der Waals surface area contributed by atoms with E-state index in [0.717, 1.165) is 44.5 Å². The highest BCUT2D eigenvalue weighted by atomic mass is 19.1. The van der Waals surface area contributed by atoms with Crippen molar-refractivity contribution in [1.82, 2.24) is 4.90 Å². The molecule has 1 aliphatic heterocycles. The van der Waals surface area contributed by atoms with Gasteiger partial charge in [0, 0.05) is 31.8 Å². The van der Waals surface area contributed by atoms with Crippen molar-refractivity contribution >= 4 is 11.4 Å². The van der Waals surface area contributed by atoms with Crippen LogP contribution in [0.25, 0.3) is 0 Å². The fraction of sp³-hybridized carbons (Fsp3) is 0.684. The smallest absolute Gasteiger partial charge is 0.125 e. The average Bonchev–Trinajstić information content (AvgIpc) is 2.59. The van der Waals surface area contributed by atoms with Gasteiger partial charge in [0.1, 0.15) is 5.82 Å². The molecule has 5 heteroatoms. The molecule has 1 aliphatic carbocycles. The molecule has 1 heterocycles. The number of halogens is 1. The third kappa shape index (κ3) is 3.83. The number of rotatable bonds is 4. The first-order chi connectivity index (χ1) is 11.5. The van der Waals surface area contributed by atoms with Crippen molar-refractivity contribution < 1.29 is 9.13 Å². The number of benzene rings is 1. The fourth-order valence-corrected chi connectivity index (χ4v) is 4.20. The van der Waals surface area contributed by atoms with E-state index in [1.54, 1.807) is 6.07 Å². The van der Waals surface area contributed by atoms with E-state index < -0.39 is 0 Å². The number of nitrogens with zero attached hydrogens (tertiary/aromatic N) is 1. The molecule has 2 aliphatic rings. The first kappa shape index (κ1) is 17.5. The minimum absolute atomic E-state index is 0.244. The zero-order chi connectivity index (χ0) is 17.2. The maximum atomic E-state index is 13.4. The van der Waals surface area contributed by atoms with E-state index in [-0.39, 0.29) is 5.82 Å². The minimum Gasteiger partial charge on any atom is -0.397 e. The highest BCUT2D eigenvalue weighted by Crippen LogP contribution is 2.36. The van der Waals surface area contributed by atoms with Gasteiger partial charge in [0.05, 0.1) is 17.5 Å². The number of piperidine rings is 1. The summed E-state index contributed by atoms with van der Waals surface area (Å²) in [6, 6.07) is 4.89. The molecule has 4 nitrogen and oxygen atoms in total. The second-order valence-corrected chi connectivity index (χ2v) is 7.57. The number of anilines is 2. The summed E-state index contributed by atoms with van der Waals surface area (Å²) in [7, 11) is 1.82. The van der Waals surface area contributed by atoms with Crippen molar-refractivity contribution in [3.05, 3.63) is 24.0 Å². The predicted octanol–water partition coefficient (Wildman–Crippen LogP) is 3.63. The van der Waals surface area contributed by atoms with Crippen molar-refractivity contribution in [2.75, 3.05) is 31.2 Å². The Kier molecular flexibility index (Phi) is 5.30. The van der Waals surface area contributed by atoms with Gasteiger partial charge < -0.3 is 15.8 Å². The first-order valence-electron chi connectivity index (χ1n) is 9.09. The van der Waals surface area contributed by atoms with E-state index in [9.17, 15) is 4.39 Å². The van der Waals surface area contributed by atoms with Crippen LogP contribution in [0.3, 0.4) is 0 Å². The predicted molar refractivity (Wildman–Crippen MR) is 96.7 cm³/mol. The normalized spacial score (nSPS) is 29.5. The molecule has 3 rings (SSSR count). The Hall–Kier alpha value is -1.33. The molecular formula is C19H30FN3O. The van der Waals surface area contributed by atoms with Gasteiger partial charge in [0.2, 0.25) is 0 Å². The Morgan fingerprint density at radius 1 is 1.21 bits per heavy atom. The van der Waals surface area contributed by atoms with Crippen LogP contribution in [0.15, 0.2) is 18.2 Å². The van der Waals surface area contributed by atoms with Crippen molar-refractivity contribution in [3.8, 4) is 0 Å². The number of nitrogens with two attached hydrogens (primary N) is 1. The Morgan fingerprint density at radius 3 is 2.50 bits per heavy atom. The van der Waals surface area contributed by atoms with Gasteiger partial charge in [-0.15, -0.1) is 0 Å².